The molecule has 0 saturated carbocycles. The van der Waals surface area contributed by atoms with Gasteiger partial charge in [0.1, 0.15) is 5.75 Å². The van der Waals surface area contributed by atoms with Gasteiger partial charge >= 0.3 is 5.97 Å². The number of benzene rings is 2. The summed E-state index contributed by atoms with van der Waals surface area (Å²) in [5, 5.41) is 2.81. The van der Waals surface area contributed by atoms with Gasteiger partial charge in [-0.15, -0.1) is 11.8 Å². The van der Waals surface area contributed by atoms with Crippen molar-refractivity contribution in [3.63, 3.8) is 0 Å². The van der Waals surface area contributed by atoms with Gasteiger partial charge in [0.25, 0.3) is 5.91 Å². The third kappa shape index (κ3) is 7.25. The second kappa shape index (κ2) is 11.7. The summed E-state index contributed by atoms with van der Waals surface area (Å²) in [7, 11) is 1.56. The number of ether oxygens (including phenoxy) is 2. The van der Waals surface area contributed by atoms with Crippen LogP contribution in [0, 0.1) is 11.8 Å². The van der Waals surface area contributed by atoms with Crippen molar-refractivity contribution >= 4 is 35.2 Å². The molecule has 0 unspecified atom stereocenters. The Kier molecular flexibility index (Phi) is 8.77. The van der Waals surface area contributed by atoms with Gasteiger partial charge in [-0.25, -0.2) is 4.79 Å². The van der Waals surface area contributed by atoms with Gasteiger partial charge in [-0.2, -0.15) is 0 Å². The molecule has 1 aliphatic rings. The highest BCUT2D eigenvalue weighted by Gasteiger charge is 2.26. The second-order valence-electron chi connectivity index (χ2n) is 8.39. The largest absolute Gasteiger partial charge is 0.497 e. The van der Waals surface area contributed by atoms with E-state index in [1.807, 2.05) is 0 Å². The first-order valence-electron chi connectivity index (χ1n) is 11.0. The number of anilines is 1. The molecule has 2 amide bonds. The van der Waals surface area contributed by atoms with Crippen LogP contribution in [-0.2, 0) is 14.3 Å². The van der Waals surface area contributed by atoms with Crippen LogP contribution in [0.4, 0.5) is 5.69 Å². The van der Waals surface area contributed by atoms with E-state index in [4.69, 9.17) is 9.47 Å². The Labute approximate surface area is 198 Å². The number of likely N-dealkylation sites (tertiary alicyclic amines) is 1. The molecule has 2 atom stereocenters. The second-order valence-corrected chi connectivity index (χ2v) is 9.40. The lowest BCUT2D eigenvalue weighted by atomic mass is 9.92. The predicted octanol–water partition coefficient (Wildman–Crippen LogP) is 4.09. The lowest BCUT2D eigenvalue weighted by Gasteiger charge is -2.34. The summed E-state index contributed by atoms with van der Waals surface area (Å²) in [5.74, 6) is 0.686. The van der Waals surface area contributed by atoms with Gasteiger partial charge in [-0.3, -0.25) is 9.59 Å². The molecule has 7 nitrogen and oxygen atoms in total. The van der Waals surface area contributed by atoms with E-state index in [9.17, 15) is 14.4 Å². The highest BCUT2D eigenvalue weighted by molar-refractivity contribution is 8.00. The van der Waals surface area contributed by atoms with Gasteiger partial charge in [0.2, 0.25) is 5.91 Å². The number of thioether (sulfide) groups is 1. The van der Waals surface area contributed by atoms with Gasteiger partial charge in [-0.1, -0.05) is 32.0 Å². The molecule has 1 N–H and O–H groups in total. The van der Waals surface area contributed by atoms with Crippen molar-refractivity contribution in [3.05, 3.63) is 54.1 Å². The van der Waals surface area contributed by atoms with E-state index >= 15 is 0 Å². The van der Waals surface area contributed by atoms with Gasteiger partial charge in [-0.05, 0) is 42.5 Å². The average molecular weight is 471 g/mol. The summed E-state index contributed by atoms with van der Waals surface area (Å²) in [6.45, 7) is 5.35. The van der Waals surface area contributed by atoms with Crippen molar-refractivity contribution in [1.82, 2.24) is 4.90 Å². The van der Waals surface area contributed by atoms with Crippen LogP contribution in [0.1, 0.15) is 30.6 Å². The Bertz CT molecular complexity index is 986. The fourth-order valence-electron chi connectivity index (χ4n) is 3.97. The summed E-state index contributed by atoms with van der Waals surface area (Å²) < 4.78 is 10.5. The van der Waals surface area contributed by atoms with Crippen LogP contribution in [0.5, 0.6) is 5.75 Å². The topological polar surface area (TPSA) is 84.9 Å². The van der Waals surface area contributed by atoms with Crippen molar-refractivity contribution < 1.29 is 23.9 Å². The molecule has 2 aromatic carbocycles. The maximum absolute atomic E-state index is 12.7. The van der Waals surface area contributed by atoms with E-state index in [-0.39, 0.29) is 24.2 Å². The Morgan fingerprint density at radius 2 is 1.79 bits per heavy atom. The highest BCUT2D eigenvalue weighted by Crippen LogP contribution is 2.25. The van der Waals surface area contributed by atoms with E-state index in [0.717, 1.165) is 6.42 Å². The number of rotatable bonds is 8. The first-order chi connectivity index (χ1) is 15.9. The molecule has 1 fully saturated rings. The van der Waals surface area contributed by atoms with E-state index < -0.39 is 5.97 Å². The lowest BCUT2D eigenvalue weighted by molar-refractivity contribution is -0.137. The molecule has 3 rings (SSSR count). The zero-order valence-electron chi connectivity index (χ0n) is 19.2. The molecular formula is C25H30N2O5S. The van der Waals surface area contributed by atoms with E-state index in [1.165, 1.54) is 11.8 Å². The van der Waals surface area contributed by atoms with Crippen molar-refractivity contribution in [1.29, 1.82) is 0 Å². The molecule has 1 saturated heterocycles. The van der Waals surface area contributed by atoms with E-state index in [2.05, 4.69) is 19.2 Å². The quantitative estimate of drug-likeness (QED) is 0.462. The highest BCUT2D eigenvalue weighted by atomic mass is 32.2. The van der Waals surface area contributed by atoms with Gasteiger partial charge < -0.3 is 19.7 Å². The Balaban J connectivity index is 1.54. The number of carbonyl (C=O) groups is 3. The Hall–Kier alpha value is -3.00. The van der Waals surface area contributed by atoms with E-state index in [1.54, 1.807) is 60.5 Å². The molecule has 0 radical (unpaired) electrons. The van der Waals surface area contributed by atoms with Crippen LogP contribution < -0.4 is 10.1 Å². The molecule has 1 aliphatic heterocycles. The maximum Gasteiger partial charge on any atom is 0.339 e. The summed E-state index contributed by atoms with van der Waals surface area (Å²) in [4.78, 5) is 40.0. The van der Waals surface area contributed by atoms with Crippen molar-refractivity contribution in [2.24, 2.45) is 11.8 Å². The number of esters is 1. The summed E-state index contributed by atoms with van der Waals surface area (Å²) in [5.41, 5.74) is 0.970. The van der Waals surface area contributed by atoms with E-state index in [0.29, 0.717) is 46.8 Å². The number of methoxy groups -OCH3 is 1. The first kappa shape index (κ1) is 24.6. The SMILES string of the molecule is COc1cccc(NC(=O)CSc2ccccc2C(=O)OCC(=O)N2C[C@H](C)C[C@H](C)C2)c1. The molecule has 8 heteroatoms. The number of hydrogen-bond donors (Lipinski definition) is 1. The molecule has 0 aromatic heterocycles. The number of carbonyl (C=O) groups excluding carboxylic acids is 3. The molecule has 2 aromatic rings. The average Bonchev–Trinajstić information content (AvgIpc) is 2.80. The minimum Gasteiger partial charge on any atom is -0.497 e. The summed E-state index contributed by atoms with van der Waals surface area (Å²) >= 11 is 1.24. The summed E-state index contributed by atoms with van der Waals surface area (Å²) in [6.07, 6.45) is 1.10. The van der Waals surface area contributed by atoms with Gasteiger partial charge in [0, 0.05) is 29.7 Å². The first-order valence-corrected chi connectivity index (χ1v) is 11.9. The molecule has 0 spiro atoms. The third-order valence-corrected chi connectivity index (χ3v) is 6.44. The smallest absolute Gasteiger partial charge is 0.339 e. The minimum absolute atomic E-state index is 0.115. The Morgan fingerprint density at radius 1 is 1.06 bits per heavy atom. The normalized spacial score (nSPS) is 17.8. The van der Waals surface area contributed by atoms with Crippen molar-refractivity contribution in [2.75, 3.05) is 37.9 Å². The maximum atomic E-state index is 12.7. The van der Waals surface area contributed by atoms with Crippen molar-refractivity contribution in [3.8, 4) is 5.75 Å². The predicted molar refractivity (Wildman–Crippen MR) is 129 cm³/mol. The minimum atomic E-state index is -0.572. The Morgan fingerprint density at radius 3 is 2.52 bits per heavy atom. The zero-order chi connectivity index (χ0) is 23.8. The molecule has 0 aliphatic carbocycles. The van der Waals surface area contributed by atoms with Crippen LogP contribution in [0.3, 0.4) is 0 Å². The van der Waals surface area contributed by atoms with Crippen LogP contribution in [-0.4, -0.2) is 55.2 Å². The van der Waals surface area contributed by atoms with Crippen LogP contribution >= 0.6 is 11.8 Å². The number of piperidine rings is 1. The molecule has 176 valence electrons. The van der Waals surface area contributed by atoms with Crippen LogP contribution in [0.25, 0.3) is 0 Å². The number of amides is 2. The van der Waals surface area contributed by atoms with Crippen molar-refractivity contribution in [2.45, 2.75) is 25.2 Å². The number of hydrogen-bond acceptors (Lipinski definition) is 6. The molecule has 33 heavy (non-hydrogen) atoms. The number of nitrogens with zero attached hydrogens (tertiary/aromatic N) is 1. The van der Waals surface area contributed by atoms with Gasteiger partial charge in [0.05, 0.1) is 18.4 Å². The molecule has 1 heterocycles. The van der Waals surface area contributed by atoms with Gasteiger partial charge in [0.15, 0.2) is 6.61 Å². The monoisotopic (exact) mass is 470 g/mol. The fraction of sp³-hybridized carbons (Fsp3) is 0.400. The standard InChI is InChI=1S/C25H30N2O5S/c1-17-11-18(2)14-27(13-17)24(29)15-32-25(30)21-9-4-5-10-22(21)33-16-23(28)26-19-7-6-8-20(12-19)31-3/h4-10,12,17-18H,11,13-16H2,1-3H3,(H,26,28)/t17-,18+. The third-order valence-electron chi connectivity index (χ3n) is 5.37. The zero-order valence-corrected chi connectivity index (χ0v) is 20.0. The number of nitrogens with one attached hydrogen (secondary N) is 1. The molecular weight excluding hydrogens is 440 g/mol. The van der Waals surface area contributed by atoms with Crippen LogP contribution in [0.15, 0.2) is 53.4 Å². The lowest BCUT2D eigenvalue weighted by Crippen LogP contribution is -2.44. The summed E-state index contributed by atoms with van der Waals surface area (Å²) in [6, 6.07) is 14.0. The molecule has 0 bridgehead atoms. The fourth-order valence-corrected chi connectivity index (χ4v) is 4.81. The van der Waals surface area contributed by atoms with Crippen LogP contribution in [0.2, 0.25) is 0 Å².